The molecular weight excluding hydrogens is 310 g/mol. The van der Waals surface area contributed by atoms with E-state index >= 15 is 0 Å². The molecule has 2 aromatic rings. The topological polar surface area (TPSA) is 60.2 Å². The summed E-state index contributed by atoms with van der Waals surface area (Å²) in [6.07, 6.45) is 1.74. The predicted octanol–water partition coefficient (Wildman–Crippen LogP) is 2.66. The largest absolute Gasteiger partial charge is 0.496 e. The highest BCUT2D eigenvalue weighted by atomic mass is 79.9. The third-order valence-electron chi connectivity index (χ3n) is 2.68. The van der Waals surface area contributed by atoms with E-state index in [1.54, 1.807) is 7.11 Å². The maximum absolute atomic E-state index is 5.65. The lowest BCUT2D eigenvalue weighted by Gasteiger charge is -2.04. The van der Waals surface area contributed by atoms with Crippen LogP contribution >= 0.6 is 15.9 Å². The van der Waals surface area contributed by atoms with Gasteiger partial charge in [0.05, 0.1) is 12.7 Å². The molecule has 0 aliphatic rings. The van der Waals surface area contributed by atoms with Gasteiger partial charge in [-0.15, -0.1) is 10.2 Å². The van der Waals surface area contributed by atoms with Gasteiger partial charge in [-0.05, 0) is 38.2 Å². The lowest BCUT2D eigenvalue weighted by molar-refractivity contribution is 0.413. The van der Waals surface area contributed by atoms with Crippen LogP contribution in [0.25, 0.3) is 11.5 Å². The molecule has 102 valence electrons. The van der Waals surface area contributed by atoms with E-state index in [4.69, 9.17) is 9.15 Å². The minimum atomic E-state index is 0.490. The number of rotatable bonds is 6. The van der Waals surface area contributed by atoms with Gasteiger partial charge in [-0.25, -0.2) is 0 Å². The van der Waals surface area contributed by atoms with Crippen LogP contribution in [0.4, 0.5) is 0 Å². The Morgan fingerprint density at radius 1 is 1.37 bits per heavy atom. The van der Waals surface area contributed by atoms with Crippen LogP contribution in [0.15, 0.2) is 27.1 Å². The zero-order valence-electron chi connectivity index (χ0n) is 10.9. The molecule has 0 atom stereocenters. The first-order chi connectivity index (χ1) is 9.24. The molecule has 1 heterocycles. The summed E-state index contributed by atoms with van der Waals surface area (Å²) in [4.78, 5) is 0. The second-order valence-corrected chi connectivity index (χ2v) is 4.97. The molecule has 0 saturated carbocycles. The summed E-state index contributed by atoms with van der Waals surface area (Å²) >= 11 is 3.40. The van der Waals surface area contributed by atoms with Crippen molar-refractivity contribution in [3.05, 3.63) is 28.6 Å². The Morgan fingerprint density at radius 2 is 2.21 bits per heavy atom. The van der Waals surface area contributed by atoms with E-state index in [0.29, 0.717) is 17.5 Å². The van der Waals surface area contributed by atoms with Gasteiger partial charge >= 0.3 is 0 Å². The van der Waals surface area contributed by atoms with Crippen LogP contribution < -0.4 is 10.1 Å². The van der Waals surface area contributed by atoms with Gasteiger partial charge in [-0.1, -0.05) is 15.9 Å². The maximum Gasteiger partial charge on any atom is 0.251 e. The van der Waals surface area contributed by atoms with E-state index in [1.807, 2.05) is 25.2 Å². The minimum absolute atomic E-state index is 0.490. The Hall–Kier alpha value is -1.40. The van der Waals surface area contributed by atoms with Crippen molar-refractivity contribution >= 4 is 15.9 Å². The molecule has 0 saturated heterocycles. The molecule has 0 unspecified atom stereocenters. The molecule has 1 aromatic carbocycles. The average molecular weight is 326 g/mol. The highest BCUT2D eigenvalue weighted by Crippen LogP contribution is 2.31. The molecule has 0 amide bonds. The number of nitrogens with zero attached hydrogens (tertiary/aromatic N) is 2. The molecule has 1 aromatic heterocycles. The second-order valence-electron chi connectivity index (χ2n) is 4.05. The number of aryl methyl sites for hydroxylation is 1. The van der Waals surface area contributed by atoms with E-state index in [0.717, 1.165) is 29.4 Å². The van der Waals surface area contributed by atoms with Crippen LogP contribution in [0, 0.1) is 0 Å². The second kappa shape index (κ2) is 6.68. The Morgan fingerprint density at radius 3 is 2.95 bits per heavy atom. The van der Waals surface area contributed by atoms with Gasteiger partial charge in [0.25, 0.3) is 5.89 Å². The van der Waals surface area contributed by atoms with Crippen LogP contribution in [-0.4, -0.2) is 30.9 Å². The van der Waals surface area contributed by atoms with E-state index in [-0.39, 0.29) is 0 Å². The average Bonchev–Trinajstić information content (AvgIpc) is 2.87. The van der Waals surface area contributed by atoms with Gasteiger partial charge in [0.2, 0.25) is 5.89 Å². The Labute approximate surface area is 120 Å². The van der Waals surface area contributed by atoms with Crippen molar-refractivity contribution in [1.29, 1.82) is 0 Å². The van der Waals surface area contributed by atoms with Crippen molar-refractivity contribution in [2.24, 2.45) is 0 Å². The summed E-state index contributed by atoms with van der Waals surface area (Å²) in [6.45, 7) is 0.930. The van der Waals surface area contributed by atoms with Crippen molar-refractivity contribution < 1.29 is 9.15 Å². The molecule has 0 radical (unpaired) electrons. The van der Waals surface area contributed by atoms with Crippen LogP contribution in [0.2, 0.25) is 0 Å². The summed E-state index contributed by atoms with van der Waals surface area (Å²) in [5, 5.41) is 11.2. The zero-order valence-corrected chi connectivity index (χ0v) is 12.5. The highest BCUT2D eigenvalue weighted by Gasteiger charge is 2.13. The molecular formula is C13H16BrN3O2. The predicted molar refractivity (Wildman–Crippen MR) is 76.2 cm³/mol. The fourth-order valence-corrected chi connectivity index (χ4v) is 2.06. The Kier molecular flexibility index (Phi) is 4.93. The highest BCUT2D eigenvalue weighted by molar-refractivity contribution is 9.10. The molecule has 0 spiro atoms. The first kappa shape index (κ1) is 14.0. The van der Waals surface area contributed by atoms with Gasteiger partial charge in [0.1, 0.15) is 5.75 Å². The first-order valence-corrected chi connectivity index (χ1v) is 6.84. The van der Waals surface area contributed by atoms with Crippen molar-refractivity contribution in [3.8, 4) is 17.2 Å². The first-order valence-electron chi connectivity index (χ1n) is 6.05. The van der Waals surface area contributed by atoms with E-state index in [1.165, 1.54) is 0 Å². The number of halogens is 1. The molecule has 0 aliphatic heterocycles. The lowest BCUT2D eigenvalue weighted by atomic mass is 10.2. The van der Waals surface area contributed by atoms with E-state index < -0.39 is 0 Å². The maximum atomic E-state index is 5.65. The number of hydrogen-bond acceptors (Lipinski definition) is 5. The molecule has 6 heteroatoms. The van der Waals surface area contributed by atoms with Crippen molar-refractivity contribution in [2.45, 2.75) is 12.8 Å². The van der Waals surface area contributed by atoms with Crippen molar-refractivity contribution in [1.82, 2.24) is 15.5 Å². The fourth-order valence-electron chi connectivity index (χ4n) is 1.72. The number of benzene rings is 1. The normalized spacial score (nSPS) is 10.7. The molecule has 0 fully saturated rings. The van der Waals surface area contributed by atoms with Crippen LogP contribution in [0.3, 0.4) is 0 Å². The van der Waals surface area contributed by atoms with Crippen molar-refractivity contribution in [3.63, 3.8) is 0 Å². The van der Waals surface area contributed by atoms with E-state index in [2.05, 4.69) is 31.4 Å². The lowest BCUT2D eigenvalue weighted by Crippen LogP contribution is -2.08. The van der Waals surface area contributed by atoms with Gasteiger partial charge in [-0.3, -0.25) is 0 Å². The standard InChI is InChI=1S/C13H16BrN3O2/c1-15-7-3-4-12-16-17-13(19-12)10-6-5-9(14)8-11(10)18-2/h5-6,8,15H,3-4,7H2,1-2H3. The van der Waals surface area contributed by atoms with E-state index in [9.17, 15) is 0 Å². The zero-order chi connectivity index (χ0) is 13.7. The molecule has 1 N–H and O–H groups in total. The Balaban J connectivity index is 2.18. The minimum Gasteiger partial charge on any atom is -0.496 e. The van der Waals surface area contributed by atoms with Gasteiger partial charge in [-0.2, -0.15) is 0 Å². The summed E-state index contributed by atoms with van der Waals surface area (Å²) in [6, 6.07) is 5.69. The fraction of sp³-hybridized carbons (Fsp3) is 0.385. The number of aromatic nitrogens is 2. The van der Waals surface area contributed by atoms with Crippen LogP contribution in [0.5, 0.6) is 5.75 Å². The molecule has 19 heavy (non-hydrogen) atoms. The number of hydrogen-bond donors (Lipinski definition) is 1. The van der Waals surface area contributed by atoms with Gasteiger partial charge in [0.15, 0.2) is 0 Å². The van der Waals surface area contributed by atoms with Gasteiger partial charge in [0, 0.05) is 10.9 Å². The third-order valence-corrected chi connectivity index (χ3v) is 3.17. The molecule has 5 nitrogen and oxygen atoms in total. The van der Waals surface area contributed by atoms with Crippen LogP contribution in [-0.2, 0) is 6.42 Å². The third kappa shape index (κ3) is 3.54. The summed E-state index contributed by atoms with van der Waals surface area (Å²) < 4.78 is 11.9. The molecule has 0 aliphatic carbocycles. The number of methoxy groups -OCH3 is 1. The summed E-state index contributed by atoms with van der Waals surface area (Å²) in [5.41, 5.74) is 0.804. The quantitative estimate of drug-likeness (QED) is 0.827. The smallest absolute Gasteiger partial charge is 0.251 e. The summed E-state index contributed by atoms with van der Waals surface area (Å²) in [5.74, 6) is 1.85. The SMILES string of the molecule is CNCCCc1nnc(-c2ccc(Br)cc2OC)o1. The van der Waals surface area contributed by atoms with Crippen LogP contribution in [0.1, 0.15) is 12.3 Å². The van der Waals surface area contributed by atoms with Crippen molar-refractivity contribution in [2.75, 3.05) is 20.7 Å². The number of ether oxygens (including phenoxy) is 1. The number of nitrogens with one attached hydrogen (secondary N) is 1. The molecule has 2 rings (SSSR count). The Bertz CT molecular complexity index is 542. The molecule has 0 bridgehead atoms. The van der Waals surface area contributed by atoms with Gasteiger partial charge < -0.3 is 14.5 Å². The summed E-state index contributed by atoms with van der Waals surface area (Å²) in [7, 11) is 3.54. The monoisotopic (exact) mass is 325 g/mol.